The van der Waals surface area contributed by atoms with E-state index in [0.29, 0.717) is 18.9 Å². The van der Waals surface area contributed by atoms with Crippen LogP contribution in [0.5, 0.6) is 0 Å². The van der Waals surface area contributed by atoms with Crippen LogP contribution >= 0.6 is 0 Å². The van der Waals surface area contributed by atoms with E-state index >= 15 is 0 Å². The smallest absolute Gasteiger partial charge is 0.356 e. The van der Waals surface area contributed by atoms with E-state index in [0.717, 1.165) is 37.9 Å². The van der Waals surface area contributed by atoms with Crippen molar-refractivity contribution in [2.24, 2.45) is 5.92 Å². The summed E-state index contributed by atoms with van der Waals surface area (Å²) in [7, 11) is 0. The first-order valence-corrected chi connectivity index (χ1v) is 7.52. The van der Waals surface area contributed by atoms with Gasteiger partial charge in [-0.2, -0.15) is 13.2 Å². The second kappa shape index (κ2) is 5.78. The van der Waals surface area contributed by atoms with Crippen LogP contribution in [0.4, 0.5) is 19.0 Å². The molecule has 1 aromatic heterocycles. The average Bonchev–Trinajstić information content (AvgIpc) is 3.32. The number of hydrogen-bond donors (Lipinski definition) is 1. The van der Waals surface area contributed by atoms with Crippen molar-refractivity contribution in [1.29, 1.82) is 0 Å². The van der Waals surface area contributed by atoms with Gasteiger partial charge in [0.2, 0.25) is 5.91 Å². The number of nitrogens with zero attached hydrogens (tertiary/aromatic N) is 2. The second-order valence-corrected chi connectivity index (χ2v) is 5.95. The Labute approximate surface area is 126 Å². The molecule has 0 unspecified atom stereocenters. The molecule has 1 amide bonds. The number of carbonyl (C=O) groups excluding carboxylic acids is 1. The molecular weight excluding hydrogens is 295 g/mol. The Morgan fingerprint density at radius 1 is 1.18 bits per heavy atom. The Balaban J connectivity index is 1.53. The predicted molar refractivity (Wildman–Crippen MR) is 75.3 cm³/mol. The number of alkyl halides is 3. The van der Waals surface area contributed by atoms with Gasteiger partial charge in [-0.15, -0.1) is 0 Å². The van der Waals surface area contributed by atoms with E-state index in [1.54, 1.807) is 0 Å². The van der Waals surface area contributed by atoms with Gasteiger partial charge in [0.25, 0.3) is 0 Å². The number of rotatable bonds is 3. The molecule has 1 aromatic rings. The molecule has 2 aliphatic rings. The van der Waals surface area contributed by atoms with Crippen molar-refractivity contribution in [1.82, 2.24) is 10.3 Å². The van der Waals surface area contributed by atoms with Crippen LogP contribution in [-0.2, 0) is 11.0 Å². The zero-order valence-corrected chi connectivity index (χ0v) is 12.1. The normalized spacial score (nSPS) is 20.0. The minimum Gasteiger partial charge on any atom is -0.356 e. The van der Waals surface area contributed by atoms with Gasteiger partial charge >= 0.3 is 6.18 Å². The van der Waals surface area contributed by atoms with Crippen LogP contribution in [0.25, 0.3) is 0 Å². The molecule has 2 fully saturated rings. The zero-order valence-electron chi connectivity index (χ0n) is 12.1. The number of piperidine rings is 1. The van der Waals surface area contributed by atoms with Crippen molar-refractivity contribution in [3.05, 3.63) is 23.9 Å². The van der Waals surface area contributed by atoms with E-state index in [9.17, 15) is 18.0 Å². The summed E-state index contributed by atoms with van der Waals surface area (Å²) in [5, 5.41) is 3.05. The van der Waals surface area contributed by atoms with Crippen molar-refractivity contribution in [3.63, 3.8) is 0 Å². The lowest BCUT2D eigenvalue weighted by atomic mass is 10.0. The third-order valence-electron chi connectivity index (χ3n) is 4.19. The number of nitrogens with one attached hydrogen (secondary N) is 1. The Hall–Kier alpha value is -1.79. The summed E-state index contributed by atoms with van der Waals surface area (Å²) in [6.45, 7) is 1.38. The molecule has 0 bridgehead atoms. The molecule has 7 heteroatoms. The van der Waals surface area contributed by atoms with E-state index in [4.69, 9.17) is 0 Å². The van der Waals surface area contributed by atoms with Crippen LogP contribution in [0.1, 0.15) is 31.2 Å². The SMILES string of the molecule is O=C(NC1CCN(c2ccc(C(F)(F)F)cn2)CC1)C1CC1. The number of anilines is 1. The van der Waals surface area contributed by atoms with Crippen LogP contribution in [-0.4, -0.2) is 30.0 Å². The maximum atomic E-state index is 12.5. The highest BCUT2D eigenvalue weighted by Gasteiger charge is 2.33. The van der Waals surface area contributed by atoms with Crippen molar-refractivity contribution < 1.29 is 18.0 Å². The van der Waals surface area contributed by atoms with Crippen molar-refractivity contribution in [2.75, 3.05) is 18.0 Å². The molecular formula is C15H18F3N3O. The van der Waals surface area contributed by atoms with Crippen molar-refractivity contribution in [3.8, 4) is 0 Å². The third-order valence-corrected chi connectivity index (χ3v) is 4.19. The molecule has 0 atom stereocenters. The van der Waals surface area contributed by atoms with E-state index < -0.39 is 11.7 Å². The van der Waals surface area contributed by atoms with Crippen LogP contribution in [0.15, 0.2) is 18.3 Å². The van der Waals surface area contributed by atoms with Gasteiger partial charge in [0.1, 0.15) is 5.82 Å². The molecule has 0 aromatic carbocycles. The minimum atomic E-state index is -4.36. The monoisotopic (exact) mass is 313 g/mol. The number of hydrogen-bond acceptors (Lipinski definition) is 3. The molecule has 0 spiro atoms. The molecule has 120 valence electrons. The van der Waals surface area contributed by atoms with Gasteiger partial charge in [-0.25, -0.2) is 4.98 Å². The predicted octanol–water partition coefficient (Wildman–Crippen LogP) is 2.60. The Morgan fingerprint density at radius 3 is 2.36 bits per heavy atom. The fourth-order valence-corrected chi connectivity index (χ4v) is 2.66. The highest BCUT2D eigenvalue weighted by Crippen LogP contribution is 2.31. The van der Waals surface area contributed by atoms with Crippen LogP contribution in [0.3, 0.4) is 0 Å². The topological polar surface area (TPSA) is 45.2 Å². The number of pyridine rings is 1. The number of halogens is 3. The number of amides is 1. The first-order chi connectivity index (χ1) is 10.4. The second-order valence-electron chi connectivity index (χ2n) is 5.95. The molecule has 2 heterocycles. The van der Waals surface area contributed by atoms with Gasteiger partial charge in [-0.3, -0.25) is 4.79 Å². The standard InChI is InChI=1S/C15H18F3N3O/c16-15(17,18)11-3-4-13(19-9-11)21-7-5-12(6-8-21)20-14(22)10-1-2-10/h3-4,9-10,12H,1-2,5-8H2,(H,20,22). The first-order valence-electron chi connectivity index (χ1n) is 7.52. The lowest BCUT2D eigenvalue weighted by Gasteiger charge is -2.33. The van der Waals surface area contributed by atoms with Gasteiger partial charge in [0, 0.05) is 31.2 Å². The first kappa shape index (κ1) is 15.1. The summed E-state index contributed by atoms with van der Waals surface area (Å²) in [5.74, 6) is 0.903. The minimum absolute atomic E-state index is 0.145. The number of aromatic nitrogens is 1. The lowest BCUT2D eigenvalue weighted by Crippen LogP contribution is -2.45. The van der Waals surface area contributed by atoms with Crippen LogP contribution in [0, 0.1) is 5.92 Å². The zero-order chi connectivity index (χ0) is 15.7. The fraction of sp³-hybridized carbons (Fsp3) is 0.600. The molecule has 4 nitrogen and oxygen atoms in total. The Bertz CT molecular complexity index is 532. The largest absolute Gasteiger partial charge is 0.417 e. The molecule has 1 N–H and O–H groups in total. The quantitative estimate of drug-likeness (QED) is 0.933. The van der Waals surface area contributed by atoms with Gasteiger partial charge in [0.15, 0.2) is 0 Å². The van der Waals surface area contributed by atoms with Gasteiger partial charge in [-0.05, 0) is 37.8 Å². The molecule has 1 aliphatic carbocycles. The molecule has 3 rings (SSSR count). The van der Waals surface area contributed by atoms with E-state index in [1.807, 2.05) is 4.90 Å². The third kappa shape index (κ3) is 3.51. The van der Waals surface area contributed by atoms with E-state index in [2.05, 4.69) is 10.3 Å². The summed E-state index contributed by atoms with van der Waals surface area (Å²) in [4.78, 5) is 17.6. The van der Waals surface area contributed by atoms with Crippen LogP contribution in [0.2, 0.25) is 0 Å². The molecule has 0 radical (unpaired) electrons. The average molecular weight is 313 g/mol. The Morgan fingerprint density at radius 2 is 1.86 bits per heavy atom. The maximum Gasteiger partial charge on any atom is 0.417 e. The lowest BCUT2D eigenvalue weighted by molar-refractivity contribution is -0.137. The summed E-state index contributed by atoms with van der Waals surface area (Å²) < 4.78 is 37.5. The summed E-state index contributed by atoms with van der Waals surface area (Å²) in [6, 6.07) is 2.63. The summed E-state index contributed by atoms with van der Waals surface area (Å²) in [5.41, 5.74) is -0.733. The summed E-state index contributed by atoms with van der Waals surface area (Å²) in [6.07, 6.45) is 0.0739. The van der Waals surface area contributed by atoms with E-state index in [1.165, 1.54) is 6.07 Å². The van der Waals surface area contributed by atoms with E-state index in [-0.39, 0.29) is 17.9 Å². The summed E-state index contributed by atoms with van der Waals surface area (Å²) >= 11 is 0. The van der Waals surface area contributed by atoms with Gasteiger partial charge in [-0.1, -0.05) is 0 Å². The van der Waals surface area contributed by atoms with Crippen molar-refractivity contribution >= 4 is 11.7 Å². The highest BCUT2D eigenvalue weighted by molar-refractivity contribution is 5.81. The van der Waals surface area contributed by atoms with Gasteiger partial charge in [0.05, 0.1) is 5.56 Å². The fourth-order valence-electron chi connectivity index (χ4n) is 2.66. The van der Waals surface area contributed by atoms with Crippen molar-refractivity contribution in [2.45, 2.75) is 37.9 Å². The maximum absolute atomic E-state index is 12.5. The highest BCUT2D eigenvalue weighted by atomic mass is 19.4. The van der Waals surface area contributed by atoms with Gasteiger partial charge < -0.3 is 10.2 Å². The molecule has 22 heavy (non-hydrogen) atoms. The molecule has 1 saturated carbocycles. The van der Waals surface area contributed by atoms with Crippen LogP contribution < -0.4 is 10.2 Å². The Kier molecular flexibility index (Phi) is 3.97. The molecule has 1 aliphatic heterocycles. The number of carbonyl (C=O) groups is 1. The molecule has 1 saturated heterocycles.